The largest absolute Gasteiger partial charge is 0.338 e. The normalized spacial score (nSPS) is 18.7. The molecule has 2 aliphatic rings. The van der Waals surface area contributed by atoms with E-state index in [2.05, 4.69) is 41.1 Å². The van der Waals surface area contributed by atoms with Gasteiger partial charge in [-0.15, -0.1) is 0 Å². The molecule has 1 aliphatic carbocycles. The van der Waals surface area contributed by atoms with Crippen molar-refractivity contribution in [1.82, 2.24) is 14.5 Å². The van der Waals surface area contributed by atoms with Crippen LogP contribution in [0.3, 0.4) is 0 Å². The molecule has 2 heterocycles. The predicted octanol–water partition coefficient (Wildman–Crippen LogP) is 4.38. The van der Waals surface area contributed by atoms with E-state index in [-0.39, 0.29) is 11.2 Å². The lowest BCUT2D eigenvalue weighted by atomic mass is 10.1. The molecule has 0 radical (unpaired) electrons. The van der Waals surface area contributed by atoms with Gasteiger partial charge < -0.3 is 4.90 Å². The lowest BCUT2D eigenvalue weighted by Crippen LogP contribution is -2.25. The van der Waals surface area contributed by atoms with Crippen LogP contribution in [0.5, 0.6) is 0 Å². The molecule has 1 fully saturated rings. The van der Waals surface area contributed by atoms with Gasteiger partial charge in [-0.25, -0.2) is 9.37 Å². The molecule has 0 amide bonds. The van der Waals surface area contributed by atoms with Crippen LogP contribution in [0.1, 0.15) is 43.8 Å². The summed E-state index contributed by atoms with van der Waals surface area (Å²) in [5.41, 5.74) is 4.17. The lowest BCUT2D eigenvalue weighted by molar-refractivity contribution is 0.472. The zero-order chi connectivity index (χ0) is 16.2. The number of allylic oxidation sites excluding steroid dienone is 1. The van der Waals surface area contributed by atoms with E-state index in [0.717, 1.165) is 28.5 Å². The second kappa shape index (κ2) is 4.82. The molecule has 23 heavy (non-hydrogen) atoms. The Balaban J connectivity index is 1.68. The maximum Gasteiger partial charge on any atom is 0.123 e. The summed E-state index contributed by atoms with van der Waals surface area (Å²) in [6, 6.07) is 6.72. The van der Waals surface area contributed by atoms with Crippen LogP contribution >= 0.6 is 0 Å². The summed E-state index contributed by atoms with van der Waals surface area (Å²) < 4.78 is 15.6. The van der Waals surface area contributed by atoms with Crippen molar-refractivity contribution in [3.05, 3.63) is 65.6 Å². The molecule has 3 nitrogen and oxygen atoms in total. The van der Waals surface area contributed by atoms with Crippen LogP contribution in [0, 0.1) is 5.82 Å². The summed E-state index contributed by atoms with van der Waals surface area (Å²) in [4.78, 5) is 6.76. The standard InChI is InChI=1S/C19H20FN3/c1-13-11-23-17(10-21-18(23)19(3)7-8-19)14(2)22(13)12-15-5-4-6-16(20)9-15/h4-6,9-11H,2,7-8,12H2,1,3H3. The third-order valence-electron chi connectivity index (χ3n) is 4.93. The van der Waals surface area contributed by atoms with Gasteiger partial charge in [0, 0.05) is 23.9 Å². The topological polar surface area (TPSA) is 21.1 Å². The van der Waals surface area contributed by atoms with E-state index < -0.39 is 0 Å². The Morgan fingerprint density at radius 2 is 2.13 bits per heavy atom. The first-order valence-electron chi connectivity index (χ1n) is 7.95. The minimum absolute atomic E-state index is 0.208. The Hall–Kier alpha value is -2.36. The molecule has 0 saturated heterocycles. The van der Waals surface area contributed by atoms with Gasteiger partial charge in [0.2, 0.25) is 0 Å². The first-order valence-corrected chi connectivity index (χ1v) is 7.95. The highest BCUT2D eigenvalue weighted by atomic mass is 19.1. The molecule has 0 atom stereocenters. The molecular weight excluding hydrogens is 289 g/mol. The molecular formula is C19H20FN3. The fourth-order valence-corrected chi connectivity index (χ4v) is 3.21. The summed E-state index contributed by atoms with van der Waals surface area (Å²) in [5.74, 6) is 0.916. The molecule has 1 aliphatic heterocycles. The average molecular weight is 309 g/mol. The summed E-state index contributed by atoms with van der Waals surface area (Å²) >= 11 is 0. The second-order valence-electron chi connectivity index (χ2n) is 6.83. The van der Waals surface area contributed by atoms with E-state index in [0.29, 0.717) is 6.54 Å². The molecule has 1 saturated carbocycles. The number of halogens is 1. The maximum absolute atomic E-state index is 13.4. The lowest BCUT2D eigenvalue weighted by Gasteiger charge is -2.32. The van der Waals surface area contributed by atoms with Crippen LogP contribution in [0.2, 0.25) is 0 Å². The third-order valence-corrected chi connectivity index (χ3v) is 4.93. The molecule has 1 aromatic carbocycles. The summed E-state index contributed by atoms with van der Waals surface area (Å²) in [6.45, 7) is 9.18. The average Bonchev–Trinajstić information content (AvgIpc) is 3.09. The van der Waals surface area contributed by atoms with E-state index in [1.54, 1.807) is 12.1 Å². The molecule has 2 aromatic rings. The van der Waals surface area contributed by atoms with Crippen molar-refractivity contribution in [2.45, 2.75) is 38.6 Å². The molecule has 0 N–H and O–H groups in total. The molecule has 118 valence electrons. The monoisotopic (exact) mass is 309 g/mol. The van der Waals surface area contributed by atoms with E-state index in [9.17, 15) is 4.39 Å². The minimum Gasteiger partial charge on any atom is -0.338 e. The minimum atomic E-state index is -0.208. The number of nitrogens with zero attached hydrogens (tertiary/aromatic N) is 3. The Kier molecular flexibility index (Phi) is 2.98. The van der Waals surface area contributed by atoms with Crippen LogP contribution in [0.25, 0.3) is 11.9 Å². The van der Waals surface area contributed by atoms with Gasteiger partial charge in [-0.05, 0) is 37.5 Å². The zero-order valence-electron chi connectivity index (χ0n) is 13.5. The van der Waals surface area contributed by atoms with Crippen LogP contribution in [0.4, 0.5) is 4.39 Å². The van der Waals surface area contributed by atoms with Gasteiger partial charge in [-0.2, -0.15) is 0 Å². The van der Waals surface area contributed by atoms with Crippen LogP contribution < -0.4 is 0 Å². The predicted molar refractivity (Wildman–Crippen MR) is 89.7 cm³/mol. The fourth-order valence-electron chi connectivity index (χ4n) is 3.21. The number of benzene rings is 1. The smallest absolute Gasteiger partial charge is 0.123 e. The Morgan fingerprint density at radius 3 is 2.83 bits per heavy atom. The number of imidazole rings is 1. The maximum atomic E-state index is 13.4. The van der Waals surface area contributed by atoms with Gasteiger partial charge in [0.05, 0.1) is 17.6 Å². The van der Waals surface area contributed by atoms with Crippen LogP contribution in [-0.4, -0.2) is 14.5 Å². The summed E-state index contributed by atoms with van der Waals surface area (Å²) in [5, 5.41) is 0. The summed E-state index contributed by atoms with van der Waals surface area (Å²) in [6.07, 6.45) is 6.41. The first-order chi connectivity index (χ1) is 11.0. The van der Waals surface area contributed by atoms with Crippen molar-refractivity contribution in [2.24, 2.45) is 0 Å². The van der Waals surface area contributed by atoms with Crippen LogP contribution in [0.15, 0.2) is 42.7 Å². The van der Waals surface area contributed by atoms with Crippen LogP contribution in [-0.2, 0) is 12.0 Å². The molecule has 0 spiro atoms. The van der Waals surface area contributed by atoms with E-state index >= 15 is 0 Å². The summed E-state index contributed by atoms with van der Waals surface area (Å²) in [7, 11) is 0. The Morgan fingerprint density at radius 1 is 1.35 bits per heavy atom. The van der Waals surface area contributed by atoms with E-state index in [4.69, 9.17) is 0 Å². The van der Waals surface area contributed by atoms with Gasteiger partial charge in [-0.3, -0.25) is 4.57 Å². The fraction of sp³-hybridized carbons (Fsp3) is 0.316. The number of fused-ring (bicyclic) bond motifs is 1. The highest BCUT2D eigenvalue weighted by Gasteiger charge is 2.44. The van der Waals surface area contributed by atoms with Crippen molar-refractivity contribution < 1.29 is 4.39 Å². The third kappa shape index (κ3) is 2.29. The second-order valence-corrected chi connectivity index (χ2v) is 6.83. The first kappa shape index (κ1) is 14.2. The zero-order valence-corrected chi connectivity index (χ0v) is 13.5. The van der Waals surface area contributed by atoms with Crippen molar-refractivity contribution in [3.8, 4) is 0 Å². The van der Waals surface area contributed by atoms with Gasteiger partial charge >= 0.3 is 0 Å². The van der Waals surface area contributed by atoms with Gasteiger partial charge in [-0.1, -0.05) is 25.6 Å². The molecule has 4 heteroatoms. The SMILES string of the molecule is C=C1c2cnc(C3(C)CC3)n2C=C(C)N1Cc1cccc(F)c1. The Labute approximate surface area is 135 Å². The number of rotatable bonds is 3. The quantitative estimate of drug-likeness (QED) is 0.839. The van der Waals surface area contributed by atoms with Crippen molar-refractivity contribution in [1.29, 1.82) is 0 Å². The van der Waals surface area contributed by atoms with Crippen molar-refractivity contribution in [3.63, 3.8) is 0 Å². The van der Waals surface area contributed by atoms with Gasteiger partial charge in [0.1, 0.15) is 11.6 Å². The highest BCUT2D eigenvalue weighted by molar-refractivity contribution is 5.67. The van der Waals surface area contributed by atoms with E-state index in [1.807, 2.05) is 12.3 Å². The highest BCUT2D eigenvalue weighted by Crippen LogP contribution is 2.48. The van der Waals surface area contributed by atoms with E-state index in [1.165, 1.54) is 18.9 Å². The molecule has 0 unspecified atom stereocenters. The number of hydrogen-bond donors (Lipinski definition) is 0. The van der Waals surface area contributed by atoms with Gasteiger partial charge in [0.25, 0.3) is 0 Å². The van der Waals surface area contributed by atoms with Gasteiger partial charge in [0.15, 0.2) is 0 Å². The molecule has 1 aromatic heterocycles. The Bertz CT molecular complexity index is 827. The van der Waals surface area contributed by atoms with Crippen molar-refractivity contribution in [2.75, 3.05) is 0 Å². The molecule has 0 bridgehead atoms. The number of aromatic nitrogens is 2. The number of hydrogen-bond acceptors (Lipinski definition) is 2. The van der Waals surface area contributed by atoms with Crippen molar-refractivity contribution >= 4 is 11.9 Å². The molecule has 4 rings (SSSR count).